The van der Waals surface area contributed by atoms with E-state index in [0.717, 1.165) is 46.4 Å². The van der Waals surface area contributed by atoms with Gasteiger partial charge in [0.25, 0.3) is 0 Å². The third-order valence-electron chi connectivity index (χ3n) is 5.51. The fourth-order valence-corrected chi connectivity index (χ4v) is 4.38. The SMILES string of the molecule is Cc1nn(CC(C)C)c(C)c1CC(=O)NC1(c2cccc(Br)c2)CCOCC1. The van der Waals surface area contributed by atoms with Crippen LogP contribution in [-0.2, 0) is 28.0 Å². The molecule has 0 radical (unpaired) electrons. The van der Waals surface area contributed by atoms with Crippen molar-refractivity contribution in [1.82, 2.24) is 15.1 Å². The molecule has 2 aromatic rings. The summed E-state index contributed by atoms with van der Waals surface area (Å²) in [6.07, 6.45) is 1.91. The van der Waals surface area contributed by atoms with Crippen LogP contribution in [0.5, 0.6) is 0 Å². The molecule has 6 heteroatoms. The molecule has 3 rings (SSSR count). The zero-order valence-corrected chi connectivity index (χ0v) is 18.8. The van der Waals surface area contributed by atoms with Gasteiger partial charge in [-0.3, -0.25) is 9.48 Å². The normalized spacial score (nSPS) is 16.4. The number of hydrogen-bond donors (Lipinski definition) is 1. The van der Waals surface area contributed by atoms with Gasteiger partial charge in [0.15, 0.2) is 0 Å². The molecular formula is C22H30BrN3O2. The molecule has 28 heavy (non-hydrogen) atoms. The fourth-order valence-electron chi connectivity index (χ4n) is 3.98. The summed E-state index contributed by atoms with van der Waals surface area (Å²) in [5.74, 6) is 0.555. The number of rotatable bonds is 6. The Morgan fingerprint density at radius 2 is 2.04 bits per heavy atom. The van der Waals surface area contributed by atoms with E-state index in [1.54, 1.807) is 0 Å². The van der Waals surface area contributed by atoms with E-state index in [1.165, 1.54) is 0 Å². The topological polar surface area (TPSA) is 56.2 Å². The summed E-state index contributed by atoms with van der Waals surface area (Å²) in [5, 5.41) is 8.00. The van der Waals surface area contributed by atoms with Crippen LogP contribution in [0.25, 0.3) is 0 Å². The molecule has 1 saturated heterocycles. The molecule has 0 spiro atoms. The molecule has 1 N–H and O–H groups in total. The maximum absolute atomic E-state index is 13.1. The van der Waals surface area contributed by atoms with Crippen LogP contribution in [0.4, 0.5) is 0 Å². The number of nitrogens with one attached hydrogen (secondary N) is 1. The maximum atomic E-state index is 13.1. The Bertz CT molecular complexity index is 838. The minimum atomic E-state index is -0.380. The number of ether oxygens (including phenoxy) is 1. The third kappa shape index (κ3) is 4.66. The Kier molecular flexibility index (Phi) is 6.61. The predicted molar refractivity (Wildman–Crippen MR) is 114 cm³/mol. The Balaban J connectivity index is 1.81. The minimum absolute atomic E-state index is 0.0390. The molecule has 2 heterocycles. The van der Waals surface area contributed by atoms with E-state index in [4.69, 9.17) is 4.74 Å². The molecule has 1 fully saturated rings. The second kappa shape index (κ2) is 8.78. The molecule has 152 valence electrons. The smallest absolute Gasteiger partial charge is 0.225 e. The number of aryl methyl sites for hydroxylation is 1. The van der Waals surface area contributed by atoms with Gasteiger partial charge in [-0.15, -0.1) is 0 Å². The lowest BCUT2D eigenvalue weighted by Gasteiger charge is -2.38. The molecule has 0 aliphatic carbocycles. The first-order valence-electron chi connectivity index (χ1n) is 9.98. The van der Waals surface area contributed by atoms with Crippen molar-refractivity contribution in [2.75, 3.05) is 13.2 Å². The number of halogens is 1. The van der Waals surface area contributed by atoms with Crippen LogP contribution in [-0.4, -0.2) is 28.9 Å². The van der Waals surface area contributed by atoms with E-state index in [0.29, 0.717) is 25.6 Å². The predicted octanol–water partition coefficient (Wildman–Crippen LogP) is 4.28. The van der Waals surface area contributed by atoms with Crippen molar-refractivity contribution >= 4 is 21.8 Å². The Morgan fingerprint density at radius 3 is 2.68 bits per heavy atom. The standard InChI is InChI=1S/C22H30BrN3O2/c1-15(2)14-26-17(4)20(16(3)25-26)13-21(27)24-22(8-10-28-11-9-22)18-6-5-7-19(23)12-18/h5-7,12,15H,8-11,13-14H2,1-4H3,(H,24,27). The summed E-state index contributed by atoms with van der Waals surface area (Å²) in [7, 11) is 0. The number of carbonyl (C=O) groups excluding carboxylic acids is 1. The molecule has 1 aliphatic rings. The van der Waals surface area contributed by atoms with E-state index >= 15 is 0 Å². The quantitative estimate of drug-likeness (QED) is 0.718. The summed E-state index contributed by atoms with van der Waals surface area (Å²) in [6.45, 7) is 10.6. The summed E-state index contributed by atoms with van der Waals surface area (Å²) in [5.41, 5.74) is 3.81. The van der Waals surface area contributed by atoms with E-state index in [9.17, 15) is 4.79 Å². The van der Waals surface area contributed by atoms with Crippen molar-refractivity contribution in [3.8, 4) is 0 Å². The van der Waals surface area contributed by atoms with E-state index in [1.807, 2.05) is 23.7 Å². The molecule has 5 nitrogen and oxygen atoms in total. The summed E-state index contributed by atoms with van der Waals surface area (Å²) in [6, 6.07) is 8.22. The number of amides is 1. The van der Waals surface area contributed by atoms with Crippen LogP contribution in [0.2, 0.25) is 0 Å². The van der Waals surface area contributed by atoms with Crippen molar-refractivity contribution in [3.05, 3.63) is 51.3 Å². The molecule has 1 aliphatic heterocycles. The highest BCUT2D eigenvalue weighted by atomic mass is 79.9. The van der Waals surface area contributed by atoms with Gasteiger partial charge in [0.2, 0.25) is 5.91 Å². The first kappa shape index (κ1) is 21.1. The number of nitrogens with zero attached hydrogens (tertiary/aromatic N) is 2. The molecule has 0 bridgehead atoms. The van der Waals surface area contributed by atoms with Gasteiger partial charge < -0.3 is 10.1 Å². The van der Waals surface area contributed by atoms with Gasteiger partial charge in [-0.05, 0) is 50.3 Å². The number of carbonyl (C=O) groups is 1. The molecule has 1 aromatic carbocycles. The number of hydrogen-bond acceptors (Lipinski definition) is 3. The lowest BCUT2D eigenvalue weighted by atomic mass is 9.82. The van der Waals surface area contributed by atoms with Gasteiger partial charge in [-0.1, -0.05) is 41.9 Å². The second-order valence-electron chi connectivity index (χ2n) is 8.16. The van der Waals surface area contributed by atoms with E-state index in [2.05, 4.69) is 59.2 Å². The first-order chi connectivity index (χ1) is 13.3. The van der Waals surface area contributed by atoms with Crippen molar-refractivity contribution < 1.29 is 9.53 Å². The lowest BCUT2D eigenvalue weighted by Crippen LogP contribution is -2.50. The van der Waals surface area contributed by atoms with Gasteiger partial charge in [0.05, 0.1) is 17.7 Å². The molecule has 0 saturated carbocycles. The fraction of sp³-hybridized carbons (Fsp3) is 0.545. The Labute approximate surface area is 176 Å². The van der Waals surface area contributed by atoms with Crippen LogP contribution in [0.15, 0.2) is 28.7 Å². The van der Waals surface area contributed by atoms with Gasteiger partial charge in [-0.25, -0.2) is 0 Å². The van der Waals surface area contributed by atoms with Crippen LogP contribution in [0, 0.1) is 19.8 Å². The van der Waals surface area contributed by atoms with Crippen molar-refractivity contribution in [2.45, 2.75) is 59.0 Å². The van der Waals surface area contributed by atoms with Crippen molar-refractivity contribution in [2.24, 2.45) is 5.92 Å². The van der Waals surface area contributed by atoms with Gasteiger partial charge in [-0.2, -0.15) is 5.10 Å². The van der Waals surface area contributed by atoms with Crippen LogP contribution in [0.1, 0.15) is 49.2 Å². The highest BCUT2D eigenvalue weighted by Gasteiger charge is 2.36. The molecule has 1 aromatic heterocycles. The van der Waals surface area contributed by atoms with Gasteiger partial charge >= 0.3 is 0 Å². The lowest BCUT2D eigenvalue weighted by molar-refractivity contribution is -0.123. The number of benzene rings is 1. The molecular weight excluding hydrogens is 418 g/mol. The summed E-state index contributed by atoms with van der Waals surface area (Å²) >= 11 is 3.56. The van der Waals surface area contributed by atoms with Crippen molar-refractivity contribution in [1.29, 1.82) is 0 Å². The molecule has 0 atom stereocenters. The third-order valence-corrected chi connectivity index (χ3v) is 6.00. The van der Waals surface area contributed by atoms with Gasteiger partial charge in [0.1, 0.15) is 0 Å². The zero-order chi connectivity index (χ0) is 20.3. The Hall–Kier alpha value is -1.66. The van der Waals surface area contributed by atoms with Crippen LogP contribution < -0.4 is 5.32 Å². The highest BCUT2D eigenvalue weighted by Crippen LogP contribution is 2.33. The molecule has 0 unspecified atom stereocenters. The van der Waals surface area contributed by atoms with E-state index < -0.39 is 0 Å². The monoisotopic (exact) mass is 447 g/mol. The summed E-state index contributed by atoms with van der Waals surface area (Å²) < 4.78 is 8.63. The average molecular weight is 448 g/mol. The second-order valence-corrected chi connectivity index (χ2v) is 9.07. The maximum Gasteiger partial charge on any atom is 0.225 e. The Morgan fingerprint density at radius 1 is 1.32 bits per heavy atom. The first-order valence-corrected chi connectivity index (χ1v) is 10.8. The molecule has 1 amide bonds. The summed E-state index contributed by atoms with van der Waals surface area (Å²) in [4.78, 5) is 13.1. The average Bonchev–Trinajstić information content (AvgIpc) is 2.89. The van der Waals surface area contributed by atoms with Crippen LogP contribution in [0.3, 0.4) is 0 Å². The van der Waals surface area contributed by atoms with Crippen molar-refractivity contribution in [3.63, 3.8) is 0 Å². The largest absolute Gasteiger partial charge is 0.381 e. The van der Waals surface area contributed by atoms with Crippen LogP contribution >= 0.6 is 15.9 Å². The minimum Gasteiger partial charge on any atom is -0.381 e. The van der Waals surface area contributed by atoms with E-state index in [-0.39, 0.29) is 11.4 Å². The highest BCUT2D eigenvalue weighted by molar-refractivity contribution is 9.10. The van der Waals surface area contributed by atoms with Gasteiger partial charge in [0, 0.05) is 35.5 Å². The zero-order valence-electron chi connectivity index (χ0n) is 17.2. The number of aromatic nitrogens is 2.